The summed E-state index contributed by atoms with van der Waals surface area (Å²) in [6.07, 6.45) is -0.733. The Balaban J connectivity index is 2.09. The van der Waals surface area contributed by atoms with Crippen LogP contribution in [0.4, 0.5) is 4.79 Å². The van der Waals surface area contributed by atoms with E-state index >= 15 is 0 Å². The first-order valence-electron chi connectivity index (χ1n) is 11.1. The van der Waals surface area contributed by atoms with Crippen molar-refractivity contribution in [2.24, 2.45) is 0 Å². The summed E-state index contributed by atoms with van der Waals surface area (Å²) in [5, 5.41) is 12.1. The van der Waals surface area contributed by atoms with Crippen molar-refractivity contribution >= 4 is 39.8 Å². The lowest BCUT2D eigenvalue weighted by Crippen LogP contribution is -2.49. The fourth-order valence-corrected chi connectivity index (χ4v) is 3.52. The summed E-state index contributed by atoms with van der Waals surface area (Å²) in [7, 11) is 1.43. The zero-order valence-corrected chi connectivity index (χ0v) is 21.9. The molecule has 1 heterocycles. The Labute approximate surface area is 212 Å². The van der Waals surface area contributed by atoms with E-state index in [1.807, 2.05) is 0 Å². The number of carboxylic acids is 1. The molecule has 1 unspecified atom stereocenters. The van der Waals surface area contributed by atoms with Crippen molar-refractivity contribution in [3.05, 3.63) is 28.2 Å². The average Bonchev–Trinajstić information content (AvgIpc) is 2.76. The van der Waals surface area contributed by atoms with E-state index < -0.39 is 29.6 Å². The number of ether oxygens (including phenoxy) is 3. The molecule has 35 heavy (non-hydrogen) atoms. The van der Waals surface area contributed by atoms with Crippen LogP contribution in [0.3, 0.4) is 0 Å². The van der Waals surface area contributed by atoms with Crippen molar-refractivity contribution in [2.75, 3.05) is 46.5 Å². The maximum Gasteiger partial charge on any atom is 0.410 e. The molecule has 3 amide bonds. The summed E-state index contributed by atoms with van der Waals surface area (Å²) in [5.74, 6) is -1.79. The lowest BCUT2D eigenvalue weighted by Gasteiger charge is -2.29. The van der Waals surface area contributed by atoms with Crippen LogP contribution in [0, 0.1) is 0 Å². The summed E-state index contributed by atoms with van der Waals surface area (Å²) in [6, 6.07) is 3.70. The van der Waals surface area contributed by atoms with E-state index in [2.05, 4.69) is 21.2 Å². The molecule has 11 nitrogen and oxygen atoms in total. The Morgan fingerprint density at radius 2 is 1.89 bits per heavy atom. The molecule has 2 rings (SSSR count). The van der Waals surface area contributed by atoms with Crippen molar-refractivity contribution in [3.63, 3.8) is 0 Å². The van der Waals surface area contributed by atoms with Crippen molar-refractivity contribution in [3.8, 4) is 5.75 Å². The van der Waals surface area contributed by atoms with Gasteiger partial charge in [-0.05, 0) is 39.0 Å². The molecule has 0 saturated carbocycles. The molecular weight excluding hydrogens is 526 g/mol. The second-order valence-corrected chi connectivity index (χ2v) is 9.97. The van der Waals surface area contributed by atoms with E-state index in [1.54, 1.807) is 31.7 Å². The van der Waals surface area contributed by atoms with Gasteiger partial charge < -0.3 is 34.4 Å². The van der Waals surface area contributed by atoms with Crippen molar-refractivity contribution in [1.82, 2.24) is 15.1 Å². The minimum atomic E-state index is -1.17. The van der Waals surface area contributed by atoms with Crippen LogP contribution in [0.1, 0.15) is 37.6 Å². The second-order valence-electron chi connectivity index (χ2n) is 9.05. The van der Waals surface area contributed by atoms with E-state index in [1.165, 1.54) is 19.2 Å². The third-order valence-corrected chi connectivity index (χ3v) is 5.34. The van der Waals surface area contributed by atoms with Gasteiger partial charge in [0.25, 0.3) is 0 Å². The van der Waals surface area contributed by atoms with E-state index in [-0.39, 0.29) is 36.8 Å². The summed E-state index contributed by atoms with van der Waals surface area (Å²) >= 11 is 3.28. The van der Waals surface area contributed by atoms with Crippen molar-refractivity contribution in [2.45, 2.75) is 38.8 Å². The van der Waals surface area contributed by atoms with Crippen LogP contribution in [-0.2, 0) is 19.1 Å². The number of rotatable bonds is 9. The molecule has 1 aromatic carbocycles. The molecule has 0 bridgehead atoms. The number of hydrogen-bond donors (Lipinski definition) is 2. The van der Waals surface area contributed by atoms with Gasteiger partial charge in [0.1, 0.15) is 30.1 Å². The zero-order chi connectivity index (χ0) is 26.2. The zero-order valence-electron chi connectivity index (χ0n) is 20.3. The summed E-state index contributed by atoms with van der Waals surface area (Å²) < 4.78 is 16.9. The SMILES string of the molecule is CN(CC(=O)NC(COc1cc(Br)ccc1C(=O)O)CC(=O)N1CCOCC1)C(=O)OC(C)(C)C. The van der Waals surface area contributed by atoms with Gasteiger partial charge in [-0.25, -0.2) is 9.59 Å². The Kier molecular flexibility index (Phi) is 10.3. The van der Waals surface area contributed by atoms with Gasteiger partial charge in [-0.2, -0.15) is 0 Å². The van der Waals surface area contributed by atoms with Crippen LogP contribution < -0.4 is 10.1 Å². The van der Waals surface area contributed by atoms with Crippen LogP contribution in [0.5, 0.6) is 5.75 Å². The van der Waals surface area contributed by atoms with Crippen LogP contribution in [-0.4, -0.2) is 96.9 Å². The van der Waals surface area contributed by atoms with E-state index in [0.29, 0.717) is 30.8 Å². The van der Waals surface area contributed by atoms with Crippen molar-refractivity contribution < 1.29 is 38.5 Å². The first-order chi connectivity index (χ1) is 16.4. The molecule has 1 aliphatic heterocycles. The number of hydrogen-bond acceptors (Lipinski definition) is 7. The number of nitrogens with zero attached hydrogens (tertiary/aromatic N) is 2. The lowest BCUT2D eigenvalue weighted by molar-refractivity contribution is -0.136. The summed E-state index contributed by atoms with van der Waals surface area (Å²) in [6.45, 7) is 6.44. The smallest absolute Gasteiger partial charge is 0.410 e. The highest BCUT2D eigenvalue weighted by Crippen LogP contribution is 2.24. The molecule has 2 N–H and O–H groups in total. The topological polar surface area (TPSA) is 135 Å². The van der Waals surface area contributed by atoms with Gasteiger partial charge in [-0.1, -0.05) is 15.9 Å². The first-order valence-corrected chi connectivity index (χ1v) is 11.9. The number of amides is 3. The number of halogens is 1. The summed E-state index contributed by atoms with van der Waals surface area (Å²) in [4.78, 5) is 51.9. The number of morpholine rings is 1. The van der Waals surface area contributed by atoms with Gasteiger partial charge in [0.05, 0.1) is 25.7 Å². The molecule has 1 aromatic rings. The molecule has 0 aromatic heterocycles. The van der Waals surface area contributed by atoms with Crippen LogP contribution in [0.15, 0.2) is 22.7 Å². The number of benzene rings is 1. The highest BCUT2D eigenvalue weighted by Gasteiger charge is 2.26. The monoisotopic (exact) mass is 557 g/mol. The van der Waals surface area contributed by atoms with Gasteiger partial charge in [0, 0.05) is 24.6 Å². The molecule has 1 saturated heterocycles. The number of aromatic carboxylic acids is 1. The third-order valence-electron chi connectivity index (χ3n) is 4.85. The summed E-state index contributed by atoms with van der Waals surface area (Å²) in [5.41, 5.74) is -0.767. The molecule has 1 fully saturated rings. The van der Waals surface area contributed by atoms with E-state index in [0.717, 1.165) is 4.90 Å². The highest BCUT2D eigenvalue weighted by atomic mass is 79.9. The number of likely N-dealkylation sites (N-methyl/N-ethyl adjacent to an activating group) is 1. The lowest BCUT2D eigenvalue weighted by atomic mass is 10.1. The van der Waals surface area contributed by atoms with Crippen LogP contribution in [0.25, 0.3) is 0 Å². The Morgan fingerprint density at radius 3 is 2.49 bits per heavy atom. The Hall–Kier alpha value is -2.86. The minimum Gasteiger partial charge on any atom is -0.490 e. The first kappa shape index (κ1) is 28.4. The Bertz CT molecular complexity index is 928. The molecule has 0 aliphatic carbocycles. The maximum atomic E-state index is 12.8. The van der Waals surface area contributed by atoms with Gasteiger partial charge in [0.15, 0.2) is 0 Å². The predicted molar refractivity (Wildman–Crippen MR) is 129 cm³/mol. The minimum absolute atomic E-state index is 0.0533. The fourth-order valence-electron chi connectivity index (χ4n) is 3.18. The molecule has 0 spiro atoms. The van der Waals surface area contributed by atoms with Gasteiger partial charge in [-0.3, -0.25) is 9.59 Å². The molecule has 1 aliphatic rings. The maximum absolute atomic E-state index is 12.8. The van der Waals surface area contributed by atoms with E-state index in [9.17, 15) is 24.3 Å². The molecule has 12 heteroatoms. The van der Waals surface area contributed by atoms with Crippen molar-refractivity contribution in [1.29, 1.82) is 0 Å². The number of carboxylic acid groups (broad SMARTS) is 1. The predicted octanol–water partition coefficient (Wildman–Crippen LogP) is 2.13. The molecule has 1 atom stereocenters. The van der Waals surface area contributed by atoms with Gasteiger partial charge >= 0.3 is 12.1 Å². The van der Waals surface area contributed by atoms with Gasteiger partial charge in [-0.15, -0.1) is 0 Å². The fraction of sp³-hybridized carbons (Fsp3) is 0.565. The second kappa shape index (κ2) is 12.7. The standard InChI is InChI=1S/C23H32BrN3O8/c1-23(2,3)35-22(32)26(4)13-19(28)25-16(12-20(29)27-7-9-33-10-8-27)14-34-18-11-15(24)5-6-17(18)21(30)31/h5-6,11,16H,7-10,12-14H2,1-4H3,(H,25,28)(H,30,31). The molecular formula is C23H32BrN3O8. The van der Waals surface area contributed by atoms with E-state index in [4.69, 9.17) is 14.2 Å². The quantitative estimate of drug-likeness (QED) is 0.471. The van der Waals surface area contributed by atoms with Crippen LogP contribution in [0.2, 0.25) is 0 Å². The normalized spacial score (nSPS) is 14.6. The van der Waals surface area contributed by atoms with Crippen LogP contribution >= 0.6 is 15.9 Å². The van der Waals surface area contributed by atoms with Gasteiger partial charge in [0.2, 0.25) is 11.8 Å². The number of nitrogens with one attached hydrogen (secondary N) is 1. The average molecular weight is 558 g/mol. The highest BCUT2D eigenvalue weighted by molar-refractivity contribution is 9.10. The third kappa shape index (κ3) is 9.73. The molecule has 194 valence electrons. The molecule has 0 radical (unpaired) electrons. The number of carbonyl (C=O) groups excluding carboxylic acids is 3. The Morgan fingerprint density at radius 1 is 1.23 bits per heavy atom. The number of carbonyl (C=O) groups is 4. The largest absolute Gasteiger partial charge is 0.490 e.